The minimum absolute atomic E-state index is 0.162. The summed E-state index contributed by atoms with van der Waals surface area (Å²) in [5, 5.41) is 15.8. The van der Waals surface area contributed by atoms with Gasteiger partial charge in [-0.2, -0.15) is 0 Å². The molecular weight excluding hydrogens is 502 g/mol. The first-order valence-electron chi connectivity index (χ1n) is 12.2. The summed E-state index contributed by atoms with van der Waals surface area (Å²) in [4.78, 5) is 72.3. The molecule has 0 aliphatic rings. The molecule has 13 nitrogen and oxygen atoms in total. The van der Waals surface area contributed by atoms with Gasteiger partial charge in [0.2, 0.25) is 35.4 Å². The fourth-order valence-corrected chi connectivity index (χ4v) is 3.38. The molecule has 0 spiro atoms. The van der Waals surface area contributed by atoms with Crippen LogP contribution in [0.2, 0.25) is 0 Å². The quantitative estimate of drug-likeness (QED) is 0.0799. The topological polar surface area (TPSA) is 201 Å². The molecule has 0 saturated heterocycles. The van der Waals surface area contributed by atoms with Gasteiger partial charge in [-0.25, -0.2) is 0 Å². The molecule has 8 N–H and O–H groups in total. The van der Waals surface area contributed by atoms with E-state index in [0.29, 0.717) is 43.8 Å². The highest BCUT2D eigenvalue weighted by Gasteiger charge is 2.28. The van der Waals surface area contributed by atoms with Crippen LogP contribution in [0, 0.1) is 0 Å². The standard InChI is InChI=1S/C23H41N7O6S/c1-14(31)25-11-7-5-9-18(21(24)34)29-22(35)19(10-6-8-12-26-17(4)37)30-23(36)20(28-16(3)33)13-27-15(2)32/h18-20H,5-13H2,1-4H3,(H2,24,34)(H,25,31)(H,26,37)(H,27,32)(H,28,33)(H,29,35)(H,30,36)/t18-,19-,20-/m0/s1. The maximum Gasteiger partial charge on any atom is 0.245 e. The summed E-state index contributed by atoms with van der Waals surface area (Å²) in [6, 6.07) is -3.08. The highest BCUT2D eigenvalue weighted by molar-refractivity contribution is 7.80. The number of nitrogens with two attached hydrogens (primary N) is 1. The number of primary amides is 1. The van der Waals surface area contributed by atoms with Gasteiger partial charge in [0, 0.05) is 40.4 Å². The molecule has 0 radical (unpaired) electrons. The minimum Gasteiger partial charge on any atom is -0.380 e. The van der Waals surface area contributed by atoms with E-state index in [-0.39, 0.29) is 31.2 Å². The molecule has 0 bridgehead atoms. The summed E-state index contributed by atoms with van der Waals surface area (Å²) in [6.45, 7) is 6.52. The maximum atomic E-state index is 13.1. The van der Waals surface area contributed by atoms with E-state index >= 15 is 0 Å². The van der Waals surface area contributed by atoms with Crippen molar-refractivity contribution in [2.45, 2.75) is 84.3 Å². The average molecular weight is 544 g/mol. The summed E-state index contributed by atoms with van der Waals surface area (Å²) in [5.41, 5.74) is 5.47. The number of rotatable bonds is 18. The molecule has 0 aliphatic heterocycles. The largest absolute Gasteiger partial charge is 0.380 e. The Bertz CT molecular complexity index is 823. The van der Waals surface area contributed by atoms with Gasteiger partial charge < -0.3 is 37.6 Å². The zero-order chi connectivity index (χ0) is 28.4. The average Bonchev–Trinajstić information content (AvgIpc) is 2.78. The number of amides is 6. The second kappa shape index (κ2) is 18.9. The van der Waals surface area contributed by atoms with Crippen molar-refractivity contribution in [1.82, 2.24) is 31.9 Å². The number of unbranched alkanes of at least 4 members (excludes halogenated alkanes) is 2. The Hall–Kier alpha value is -3.29. The smallest absolute Gasteiger partial charge is 0.245 e. The van der Waals surface area contributed by atoms with Crippen LogP contribution < -0.4 is 37.6 Å². The minimum atomic E-state index is -1.10. The third kappa shape index (κ3) is 17.7. The molecule has 0 aromatic rings. The van der Waals surface area contributed by atoms with Crippen LogP contribution in [0.4, 0.5) is 0 Å². The van der Waals surface area contributed by atoms with Gasteiger partial charge in [0.05, 0.1) is 4.99 Å². The van der Waals surface area contributed by atoms with Gasteiger partial charge in [-0.3, -0.25) is 28.8 Å². The van der Waals surface area contributed by atoms with Gasteiger partial charge in [0.15, 0.2) is 0 Å². The molecule has 6 amide bonds. The maximum absolute atomic E-state index is 13.1. The number of hydrogen-bond acceptors (Lipinski definition) is 7. The van der Waals surface area contributed by atoms with Crippen LogP contribution in [0.1, 0.15) is 66.2 Å². The fraction of sp³-hybridized carbons (Fsp3) is 0.696. The summed E-state index contributed by atoms with van der Waals surface area (Å²) >= 11 is 4.98. The second-order valence-corrected chi connectivity index (χ2v) is 9.28. The predicted molar refractivity (Wildman–Crippen MR) is 142 cm³/mol. The van der Waals surface area contributed by atoms with Crippen molar-refractivity contribution in [1.29, 1.82) is 0 Å². The van der Waals surface area contributed by atoms with Gasteiger partial charge in [-0.05, 0) is 45.4 Å². The summed E-state index contributed by atoms with van der Waals surface area (Å²) in [6.07, 6.45) is 2.83. The van der Waals surface area contributed by atoms with Crippen molar-refractivity contribution in [2.75, 3.05) is 19.6 Å². The van der Waals surface area contributed by atoms with Crippen LogP contribution in [0.3, 0.4) is 0 Å². The van der Waals surface area contributed by atoms with Gasteiger partial charge in [-0.1, -0.05) is 12.2 Å². The number of carbonyl (C=O) groups is 6. The molecule has 0 unspecified atom stereocenters. The zero-order valence-corrected chi connectivity index (χ0v) is 22.8. The highest BCUT2D eigenvalue weighted by Crippen LogP contribution is 2.06. The van der Waals surface area contributed by atoms with E-state index in [1.54, 1.807) is 6.92 Å². The van der Waals surface area contributed by atoms with Crippen molar-refractivity contribution in [2.24, 2.45) is 5.73 Å². The van der Waals surface area contributed by atoms with Crippen LogP contribution in [-0.2, 0) is 28.8 Å². The molecule has 0 heterocycles. The third-order valence-electron chi connectivity index (χ3n) is 5.13. The first kappa shape index (κ1) is 33.7. The van der Waals surface area contributed by atoms with Crippen molar-refractivity contribution in [3.05, 3.63) is 0 Å². The van der Waals surface area contributed by atoms with Crippen molar-refractivity contribution < 1.29 is 28.8 Å². The Kier molecular flexibility index (Phi) is 17.2. The Morgan fingerprint density at radius 1 is 0.622 bits per heavy atom. The molecule has 0 fully saturated rings. The highest BCUT2D eigenvalue weighted by atomic mass is 32.1. The SMILES string of the molecule is CC(=O)NCCCC[C@H](NC(=O)[C@H](CCCCNC(C)=S)NC(=O)[C@H](CNC(C)=O)NC(C)=O)C(N)=O. The predicted octanol–water partition coefficient (Wildman–Crippen LogP) is -1.50. The molecule has 14 heteroatoms. The van der Waals surface area contributed by atoms with E-state index in [2.05, 4.69) is 31.9 Å². The van der Waals surface area contributed by atoms with Crippen LogP contribution in [-0.4, -0.2) is 78.2 Å². The van der Waals surface area contributed by atoms with Crippen molar-refractivity contribution in [3.63, 3.8) is 0 Å². The lowest BCUT2D eigenvalue weighted by atomic mass is 10.0. The molecule has 3 atom stereocenters. The lowest BCUT2D eigenvalue weighted by molar-refractivity contribution is -0.133. The monoisotopic (exact) mass is 543 g/mol. The molecule has 37 heavy (non-hydrogen) atoms. The van der Waals surface area contributed by atoms with Gasteiger partial charge >= 0.3 is 0 Å². The van der Waals surface area contributed by atoms with Crippen LogP contribution >= 0.6 is 12.2 Å². The summed E-state index contributed by atoms with van der Waals surface area (Å²) in [5.74, 6) is -3.02. The third-order valence-corrected chi connectivity index (χ3v) is 5.27. The zero-order valence-electron chi connectivity index (χ0n) is 22.0. The number of carbonyl (C=O) groups excluding carboxylic acids is 6. The van der Waals surface area contributed by atoms with Crippen LogP contribution in [0.25, 0.3) is 0 Å². The molecule has 0 aliphatic carbocycles. The van der Waals surface area contributed by atoms with E-state index in [1.807, 2.05) is 0 Å². The molecule has 0 rings (SSSR count). The second-order valence-electron chi connectivity index (χ2n) is 8.67. The lowest BCUT2D eigenvalue weighted by Gasteiger charge is -2.25. The first-order chi connectivity index (χ1) is 17.3. The van der Waals surface area contributed by atoms with Crippen molar-refractivity contribution >= 4 is 52.6 Å². The van der Waals surface area contributed by atoms with Crippen LogP contribution in [0.15, 0.2) is 0 Å². The first-order valence-corrected chi connectivity index (χ1v) is 12.6. The van der Waals surface area contributed by atoms with Crippen molar-refractivity contribution in [3.8, 4) is 0 Å². The van der Waals surface area contributed by atoms with Gasteiger partial charge in [0.25, 0.3) is 0 Å². The van der Waals surface area contributed by atoms with E-state index < -0.39 is 41.8 Å². The Labute approximate surface area is 223 Å². The van der Waals surface area contributed by atoms with E-state index in [0.717, 1.165) is 0 Å². The van der Waals surface area contributed by atoms with Gasteiger partial charge in [0.1, 0.15) is 18.1 Å². The molecular formula is C23H41N7O6S. The van der Waals surface area contributed by atoms with E-state index in [9.17, 15) is 28.8 Å². The number of nitrogens with one attached hydrogen (secondary N) is 6. The fourth-order valence-electron chi connectivity index (χ4n) is 3.28. The number of hydrogen-bond donors (Lipinski definition) is 7. The van der Waals surface area contributed by atoms with E-state index in [1.165, 1.54) is 20.8 Å². The number of thiocarbonyl (C=S) groups is 1. The molecule has 0 aromatic carbocycles. The summed E-state index contributed by atoms with van der Waals surface area (Å²) in [7, 11) is 0. The Balaban J connectivity index is 5.33. The molecule has 210 valence electrons. The van der Waals surface area contributed by atoms with E-state index in [4.69, 9.17) is 18.0 Å². The molecule has 0 saturated carbocycles. The van der Waals surface area contributed by atoms with Crippen LogP contribution in [0.5, 0.6) is 0 Å². The Morgan fingerprint density at radius 2 is 1.11 bits per heavy atom. The summed E-state index contributed by atoms with van der Waals surface area (Å²) < 4.78 is 0. The molecule has 0 aromatic heterocycles. The normalized spacial score (nSPS) is 12.8. The Morgan fingerprint density at radius 3 is 1.59 bits per heavy atom. The lowest BCUT2D eigenvalue weighted by Crippen LogP contribution is -2.58. The van der Waals surface area contributed by atoms with Gasteiger partial charge in [-0.15, -0.1) is 0 Å².